The monoisotopic (exact) mass is 287 g/mol. The molecule has 0 bridgehead atoms. The summed E-state index contributed by atoms with van der Waals surface area (Å²) in [7, 11) is 0. The van der Waals surface area contributed by atoms with E-state index in [1.165, 1.54) is 4.90 Å². The SMILES string of the molecule is CC[C@@]1(C(=O)O)CN(C(=O)OC(C)(C)C)C[C@H]1C(=O)O. The van der Waals surface area contributed by atoms with Crippen molar-refractivity contribution in [1.29, 1.82) is 0 Å². The van der Waals surface area contributed by atoms with E-state index >= 15 is 0 Å². The highest BCUT2D eigenvalue weighted by molar-refractivity contribution is 5.86. The average molecular weight is 287 g/mol. The highest BCUT2D eigenvalue weighted by Crippen LogP contribution is 2.40. The maximum atomic E-state index is 12.0. The number of amides is 1. The van der Waals surface area contributed by atoms with Crippen molar-refractivity contribution in [1.82, 2.24) is 4.90 Å². The maximum Gasteiger partial charge on any atom is 0.410 e. The zero-order valence-electron chi connectivity index (χ0n) is 12.2. The number of carbonyl (C=O) groups is 3. The second kappa shape index (κ2) is 5.30. The number of rotatable bonds is 3. The molecule has 2 atom stereocenters. The van der Waals surface area contributed by atoms with Gasteiger partial charge in [-0.15, -0.1) is 0 Å². The highest BCUT2D eigenvalue weighted by Gasteiger charge is 2.56. The van der Waals surface area contributed by atoms with Gasteiger partial charge in [0, 0.05) is 13.1 Å². The minimum atomic E-state index is -1.46. The summed E-state index contributed by atoms with van der Waals surface area (Å²) in [6.45, 7) is 6.40. The van der Waals surface area contributed by atoms with E-state index in [4.69, 9.17) is 4.74 Å². The van der Waals surface area contributed by atoms with Crippen molar-refractivity contribution >= 4 is 18.0 Å². The van der Waals surface area contributed by atoms with Gasteiger partial charge in [0.15, 0.2) is 0 Å². The minimum Gasteiger partial charge on any atom is -0.481 e. The first-order valence-corrected chi connectivity index (χ1v) is 6.47. The number of aliphatic carboxylic acids is 2. The molecule has 7 heteroatoms. The van der Waals surface area contributed by atoms with Crippen LogP contribution in [0.1, 0.15) is 34.1 Å². The first-order chi connectivity index (χ1) is 9.03. The van der Waals surface area contributed by atoms with E-state index in [1.54, 1.807) is 27.7 Å². The van der Waals surface area contributed by atoms with Crippen LogP contribution in [0.2, 0.25) is 0 Å². The van der Waals surface area contributed by atoms with Crippen LogP contribution in [0.25, 0.3) is 0 Å². The lowest BCUT2D eigenvalue weighted by Gasteiger charge is -2.27. The predicted molar refractivity (Wildman–Crippen MR) is 69.3 cm³/mol. The van der Waals surface area contributed by atoms with Gasteiger partial charge in [0.1, 0.15) is 11.0 Å². The van der Waals surface area contributed by atoms with Crippen LogP contribution in [0.4, 0.5) is 4.79 Å². The minimum absolute atomic E-state index is 0.137. The fourth-order valence-electron chi connectivity index (χ4n) is 2.42. The Morgan fingerprint density at radius 2 is 1.85 bits per heavy atom. The Morgan fingerprint density at radius 1 is 1.30 bits per heavy atom. The van der Waals surface area contributed by atoms with E-state index in [0.717, 1.165) is 0 Å². The molecular formula is C13H21NO6. The van der Waals surface area contributed by atoms with E-state index in [1.807, 2.05) is 0 Å². The molecule has 2 N–H and O–H groups in total. The third kappa shape index (κ3) is 3.02. The van der Waals surface area contributed by atoms with Crippen molar-refractivity contribution in [3.05, 3.63) is 0 Å². The standard InChI is InChI=1S/C13H21NO6/c1-5-13(10(17)18)7-14(6-8(13)9(15)16)11(19)20-12(2,3)4/h8H,5-7H2,1-4H3,(H,15,16)(H,17,18)/t8-,13+/m0/s1. The van der Waals surface area contributed by atoms with Crippen LogP contribution in [0.3, 0.4) is 0 Å². The van der Waals surface area contributed by atoms with Gasteiger partial charge in [-0.3, -0.25) is 9.59 Å². The Labute approximate surface area is 117 Å². The van der Waals surface area contributed by atoms with Gasteiger partial charge in [-0.25, -0.2) is 4.79 Å². The van der Waals surface area contributed by atoms with E-state index in [9.17, 15) is 24.6 Å². The molecule has 114 valence electrons. The highest BCUT2D eigenvalue weighted by atomic mass is 16.6. The lowest BCUT2D eigenvalue weighted by Crippen LogP contribution is -2.42. The Bertz CT molecular complexity index is 427. The Morgan fingerprint density at radius 3 is 2.15 bits per heavy atom. The summed E-state index contributed by atoms with van der Waals surface area (Å²) in [4.78, 5) is 35.9. The van der Waals surface area contributed by atoms with Crippen molar-refractivity contribution in [2.24, 2.45) is 11.3 Å². The quantitative estimate of drug-likeness (QED) is 0.813. The molecule has 0 radical (unpaired) electrons. The third-order valence-electron chi connectivity index (χ3n) is 3.55. The fraction of sp³-hybridized carbons (Fsp3) is 0.769. The molecule has 1 heterocycles. The molecule has 0 saturated carbocycles. The summed E-state index contributed by atoms with van der Waals surface area (Å²) in [5.74, 6) is -3.53. The van der Waals surface area contributed by atoms with Crippen LogP contribution >= 0.6 is 0 Å². The first kappa shape index (κ1) is 16.3. The van der Waals surface area contributed by atoms with Gasteiger partial charge in [0.05, 0.1) is 5.92 Å². The molecule has 1 amide bonds. The number of ether oxygens (including phenoxy) is 1. The van der Waals surface area contributed by atoms with Crippen molar-refractivity contribution in [3.8, 4) is 0 Å². The molecule has 0 aromatic carbocycles. The summed E-state index contributed by atoms with van der Waals surface area (Å²) in [6.07, 6.45) is -0.543. The molecule has 1 fully saturated rings. The van der Waals surface area contributed by atoms with Crippen LogP contribution in [0.5, 0.6) is 0 Å². The van der Waals surface area contributed by atoms with Gasteiger partial charge in [-0.05, 0) is 27.2 Å². The zero-order valence-corrected chi connectivity index (χ0v) is 12.2. The van der Waals surface area contributed by atoms with Crippen LogP contribution in [0, 0.1) is 11.3 Å². The van der Waals surface area contributed by atoms with Gasteiger partial charge in [-0.1, -0.05) is 6.92 Å². The lowest BCUT2D eigenvalue weighted by molar-refractivity contribution is -0.159. The summed E-state index contributed by atoms with van der Waals surface area (Å²) in [6, 6.07) is 0. The second-order valence-corrected chi connectivity index (χ2v) is 6.07. The fourth-order valence-corrected chi connectivity index (χ4v) is 2.42. The molecule has 1 aliphatic rings. The largest absolute Gasteiger partial charge is 0.481 e. The molecule has 0 unspecified atom stereocenters. The topological polar surface area (TPSA) is 104 Å². The lowest BCUT2D eigenvalue weighted by atomic mass is 9.76. The Hall–Kier alpha value is -1.79. The molecule has 0 aliphatic carbocycles. The number of carboxylic acids is 2. The molecule has 20 heavy (non-hydrogen) atoms. The summed E-state index contributed by atoms with van der Waals surface area (Å²) in [5.41, 5.74) is -2.17. The molecule has 0 aromatic rings. The van der Waals surface area contributed by atoms with Crippen LogP contribution < -0.4 is 0 Å². The number of hydrogen-bond donors (Lipinski definition) is 2. The van der Waals surface area contributed by atoms with Crippen molar-refractivity contribution < 1.29 is 29.3 Å². The number of carboxylic acid groups (broad SMARTS) is 2. The van der Waals surface area contributed by atoms with Crippen LogP contribution in [-0.2, 0) is 14.3 Å². The predicted octanol–water partition coefficient (Wildman–Crippen LogP) is 1.42. The zero-order chi connectivity index (χ0) is 15.7. The average Bonchev–Trinajstić information content (AvgIpc) is 2.67. The molecular weight excluding hydrogens is 266 g/mol. The molecule has 0 spiro atoms. The molecule has 1 saturated heterocycles. The Balaban J connectivity index is 2.99. The van der Waals surface area contributed by atoms with Crippen molar-refractivity contribution in [2.45, 2.75) is 39.7 Å². The normalized spacial score (nSPS) is 26.4. The number of hydrogen-bond acceptors (Lipinski definition) is 4. The second-order valence-electron chi connectivity index (χ2n) is 6.07. The van der Waals surface area contributed by atoms with E-state index < -0.39 is 35.0 Å². The van der Waals surface area contributed by atoms with E-state index in [2.05, 4.69) is 0 Å². The van der Waals surface area contributed by atoms with Crippen molar-refractivity contribution in [3.63, 3.8) is 0 Å². The third-order valence-corrected chi connectivity index (χ3v) is 3.55. The van der Waals surface area contributed by atoms with Gasteiger partial charge in [0.25, 0.3) is 0 Å². The molecule has 7 nitrogen and oxygen atoms in total. The van der Waals surface area contributed by atoms with Gasteiger partial charge in [-0.2, -0.15) is 0 Å². The van der Waals surface area contributed by atoms with Crippen molar-refractivity contribution in [2.75, 3.05) is 13.1 Å². The van der Waals surface area contributed by atoms with Gasteiger partial charge in [0.2, 0.25) is 0 Å². The Kier molecular flexibility index (Phi) is 4.31. The smallest absolute Gasteiger partial charge is 0.410 e. The number of likely N-dealkylation sites (tertiary alicyclic amines) is 1. The molecule has 0 aromatic heterocycles. The molecule has 1 rings (SSSR count). The van der Waals surface area contributed by atoms with Crippen LogP contribution in [0.15, 0.2) is 0 Å². The first-order valence-electron chi connectivity index (χ1n) is 6.47. The van der Waals surface area contributed by atoms with Gasteiger partial charge < -0.3 is 19.8 Å². The summed E-state index contributed by atoms with van der Waals surface area (Å²) >= 11 is 0. The summed E-state index contributed by atoms with van der Waals surface area (Å²) < 4.78 is 5.17. The number of carbonyl (C=O) groups excluding carboxylic acids is 1. The number of nitrogens with zero attached hydrogens (tertiary/aromatic N) is 1. The maximum absolute atomic E-state index is 12.0. The van der Waals surface area contributed by atoms with E-state index in [-0.39, 0.29) is 19.5 Å². The summed E-state index contributed by atoms with van der Waals surface area (Å²) in [5, 5.41) is 18.6. The van der Waals surface area contributed by atoms with Gasteiger partial charge >= 0.3 is 18.0 Å². The van der Waals surface area contributed by atoms with E-state index in [0.29, 0.717) is 0 Å². The molecule has 1 aliphatic heterocycles. The van der Waals surface area contributed by atoms with Crippen LogP contribution in [-0.4, -0.2) is 51.8 Å².